The van der Waals surface area contributed by atoms with Gasteiger partial charge in [-0.05, 0) is 33.5 Å². The van der Waals surface area contributed by atoms with E-state index in [-0.39, 0.29) is 0 Å². The van der Waals surface area contributed by atoms with Crippen molar-refractivity contribution >= 4 is 8.32 Å². The molecule has 0 heterocycles. The molecule has 0 saturated heterocycles. The molecule has 0 aromatic rings. The van der Waals surface area contributed by atoms with Gasteiger partial charge in [0.25, 0.3) is 5.95 Å². The number of rotatable bonds is 5. The summed E-state index contributed by atoms with van der Waals surface area (Å²) in [5.41, 5.74) is 0.962. The first kappa shape index (κ1) is 12.3. The van der Waals surface area contributed by atoms with Gasteiger partial charge in [0, 0.05) is 5.57 Å². The van der Waals surface area contributed by atoms with Crippen LogP contribution < -0.4 is 0 Å². The van der Waals surface area contributed by atoms with E-state index in [4.69, 9.17) is 9.16 Å². The number of hydrogen-bond donors (Lipinski definition) is 0. The van der Waals surface area contributed by atoms with E-state index in [1.807, 2.05) is 13.8 Å². The Labute approximate surface area is 82.4 Å². The van der Waals surface area contributed by atoms with E-state index in [1.54, 1.807) is 6.08 Å². The minimum Gasteiger partial charge on any atom is -0.520 e. The van der Waals surface area contributed by atoms with Crippen LogP contribution in [-0.4, -0.2) is 14.9 Å². The summed E-state index contributed by atoms with van der Waals surface area (Å²) < 4.78 is 11.1. The van der Waals surface area contributed by atoms with Crippen molar-refractivity contribution in [2.24, 2.45) is 0 Å². The van der Waals surface area contributed by atoms with Gasteiger partial charge in [-0.15, -0.1) is 0 Å². The molecule has 0 aliphatic carbocycles. The molecule has 0 amide bonds. The highest BCUT2D eigenvalue weighted by Crippen LogP contribution is 2.15. The number of allylic oxidation sites excluding steroid dienone is 2. The summed E-state index contributed by atoms with van der Waals surface area (Å²) >= 11 is 0. The van der Waals surface area contributed by atoms with E-state index in [2.05, 4.69) is 26.2 Å². The summed E-state index contributed by atoms with van der Waals surface area (Å²) in [5, 5.41) is 0. The Bertz CT molecular complexity index is 201. The molecule has 0 radical (unpaired) electrons. The summed E-state index contributed by atoms with van der Waals surface area (Å²) in [7, 11) is -1.57. The topological polar surface area (TPSA) is 18.5 Å². The predicted octanol–water partition coefficient (Wildman–Crippen LogP) is 3.29. The third kappa shape index (κ3) is 5.52. The van der Waals surface area contributed by atoms with Gasteiger partial charge in [0.1, 0.15) is 0 Å². The zero-order chi connectivity index (χ0) is 10.5. The van der Waals surface area contributed by atoms with E-state index >= 15 is 0 Å². The zero-order valence-corrected chi connectivity index (χ0v) is 10.3. The molecule has 0 bridgehead atoms. The fourth-order valence-corrected chi connectivity index (χ4v) is 1.49. The SMILES string of the molecule is C=C/C(C)=C(\OCC)O[Si](C)(C)C. The van der Waals surface area contributed by atoms with Gasteiger partial charge in [-0.25, -0.2) is 0 Å². The summed E-state index contributed by atoms with van der Waals surface area (Å²) in [6.07, 6.45) is 1.76. The first-order valence-electron chi connectivity index (χ1n) is 4.56. The third-order valence-electron chi connectivity index (χ3n) is 1.30. The minimum absolute atomic E-state index is 0.630. The van der Waals surface area contributed by atoms with E-state index in [1.165, 1.54) is 0 Å². The third-order valence-corrected chi connectivity index (χ3v) is 2.10. The van der Waals surface area contributed by atoms with Crippen molar-refractivity contribution in [3.63, 3.8) is 0 Å². The predicted molar refractivity (Wildman–Crippen MR) is 59.0 cm³/mol. The molecule has 0 aliphatic rings. The Hall–Kier alpha value is -0.703. The van der Waals surface area contributed by atoms with Crippen LogP contribution in [0.25, 0.3) is 0 Å². The lowest BCUT2D eigenvalue weighted by Gasteiger charge is -2.22. The van der Waals surface area contributed by atoms with Gasteiger partial charge in [-0.3, -0.25) is 0 Å². The maximum Gasteiger partial charge on any atom is 0.268 e. The average Bonchev–Trinajstić information content (AvgIpc) is 2.00. The van der Waals surface area contributed by atoms with E-state index in [0.717, 1.165) is 5.57 Å². The maximum atomic E-state index is 5.76. The Kier molecular flexibility index (Phi) is 4.84. The fourth-order valence-electron chi connectivity index (χ4n) is 0.716. The summed E-state index contributed by atoms with van der Waals surface area (Å²) in [6.45, 7) is 14.6. The van der Waals surface area contributed by atoms with Gasteiger partial charge >= 0.3 is 0 Å². The van der Waals surface area contributed by atoms with Crippen LogP contribution in [-0.2, 0) is 9.16 Å². The molecular formula is C10H20O2Si. The van der Waals surface area contributed by atoms with Crippen LogP contribution in [0.1, 0.15) is 13.8 Å². The van der Waals surface area contributed by atoms with Crippen molar-refractivity contribution in [2.75, 3.05) is 6.61 Å². The maximum absolute atomic E-state index is 5.76. The molecule has 0 aliphatic heterocycles. The van der Waals surface area contributed by atoms with Crippen molar-refractivity contribution < 1.29 is 9.16 Å². The molecule has 0 fully saturated rings. The van der Waals surface area contributed by atoms with Gasteiger partial charge in [0.05, 0.1) is 6.61 Å². The van der Waals surface area contributed by atoms with Crippen LogP contribution in [0.2, 0.25) is 19.6 Å². The molecule has 0 unspecified atom stereocenters. The molecule has 2 nitrogen and oxygen atoms in total. The molecule has 0 aromatic carbocycles. The van der Waals surface area contributed by atoms with Gasteiger partial charge in [0.15, 0.2) is 0 Å². The zero-order valence-electron chi connectivity index (χ0n) is 9.31. The molecule has 13 heavy (non-hydrogen) atoms. The number of ether oxygens (including phenoxy) is 1. The normalized spacial score (nSPS) is 13.3. The fraction of sp³-hybridized carbons (Fsp3) is 0.600. The first-order chi connectivity index (χ1) is 5.90. The summed E-state index contributed by atoms with van der Waals surface area (Å²) in [6, 6.07) is 0. The van der Waals surface area contributed by atoms with Gasteiger partial charge < -0.3 is 9.16 Å². The second kappa shape index (κ2) is 5.12. The molecule has 3 heteroatoms. The largest absolute Gasteiger partial charge is 0.520 e. The Morgan fingerprint density at radius 2 is 1.92 bits per heavy atom. The molecule has 0 rings (SSSR count). The second-order valence-corrected chi connectivity index (χ2v) is 8.25. The Morgan fingerprint density at radius 3 is 2.23 bits per heavy atom. The van der Waals surface area contributed by atoms with Crippen molar-refractivity contribution in [3.05, 3.63) is 24.2 Å². The lowest BCUT2D eigenvalue weighted by molar-refractivity contribution is 0.109. The smallest absolute Gasteiger partial charge is 0.268 e. The number of hydrogen-bond acceptors (Lipinski definition) is 2. The van der Waals surface area contributed by atoms with Crippen molar-refractivity contribution in [1.29, 1.82) is 0 Å². The van der Waals surface area contributed by atoms with Crippen molar-refractivity contribution in [3.8, 4) is 0 Å². The lowest BCUT2D eigenvalue weighted by Crippen LogP contribution is -2.26. The molecular weight excluding hydrogens is 180 g/mol. The van der Waals surface area contributed by atoms with E-state index in [0.29, 0.717) is 12.6 Å². The van der Waals surface area contributed by atoms with Gasteiger partial charge in [-0.1, -0.05) is 12.7 Å². The van der Waals surface area contributed by atoms with Crippen LogP contribution in [0, 0.1) is 0 Å². The van der Waals surface area contributed by atoms with Crippen LogP contribution in [0.5, 0.6) is 0 Å². The molecule has 0 spiro atoms. The first-order valence-corrected chi connectivity index (χ1v) is 7.96. The Morgan fingerprint density at radius 1 is 1.38 bits per heavy atom. The highest BCUT2D eigenvalue weighted by molar-refractivity contribution is 6.70. The lowest BCUT2D eigenvalue weighted by atomic mass is 10.3. The van der Waals surface area contributed by atoms with Gasteiger partial charge in [0.2, 0.25) is 8.32 Å². The molecule has 76 valence electrons. The van der Waals surface area contributed by atoms with E-state index < -0.39 is 8.32 Å². The van der Waals surface area contributed by atoms with E-state index in [9.17, 15) is 0 Å². The molecule has 0 saturated carbocycles. The van der Waals surface area contributed by atoms with Crippen LogP contribution in [0.15, 0.2) is 24.2 Å². The average molecular weight is 200 g/mol. The van der Waals surface area contributed by atoms with Crippen LogP contribution >= 0.6 is 0 Å². The van der Waals surface area contributed by atoms with Crippen molar-refractivity contribution in [1.82, 2.24) is 0 Å². The molecule has 0 aromatic heterocycles. The highest BCUT2D eigenvalue weighted by atomic mass is 28.4. The summed E-state index contributed by atoms with van der Waals surface area (Å²) in [4.78, 5) is 0. The minimum atomic E-state index is -1.57. The van der Waals surface area contributed by atoms with Crippen LogP contribution in [0.4, 0.5) is 0 Å². The highest BCUT2D eigenvalue weighted by Gasteiger charge is 2.19. The monoisotopic (exact) mass is 200 g/mol. The second-order valence-electron chi connectivity index (χ2n) is 3.82. The Balaban J connectivity index is 4.53. The summed E-state index contributed by atoms with van der Waals surface area (Å²) in [5.74, 6) is 0.636. The van der Waals surface area contributed by atoms with Crippen molar-refractivity contribution in [2.45, 2.75) is 33.5 Å². The molecule has 0 atom stereocenters. The van der Waals surface area contributed by atoms with Crippen LogP contribution in [0.3, 0.4) is 0 Å². The quantitative estimate of drug-likeness (QED) is 0.385. The standard InChI is InChI=1S/C10H20O2Si/c1-7-9(3)10(11-8-2)12-13(4,5)6/h7H,1,8H2,2-6H3/b10-9+. The van der Waals surface area contributed by atoms with Gasteiger partial charge in [-0.2, -0.15) is 0 Å². The molecule has 0 N–H and O–H groups in total.